The maximum Gasteiger partial charge on any atom is 0.387 e. The number of hydrogen-bond acceptors (Lipinski definition) is 6. The molecule has 1 amide bonds. The molecule has 0 saturated heterocycles. The zero-order valence-corrected chi connectivity index (χ0v) is 17.1. The summed E-state index contributed by atoms with van der Waals surface area (Å²) in [6.07, 6.45) is 5.91. The number of carbonyl (C=O) groups excluding carboxylic acids is 1. The van der Waals surface area contributed by atoms with Gasteiger partial charge in [0.05, 0.1) is 11.9 Å². The first-order chi connectivity index (χ1) is 15.3. The van der Waals surface area contributed by atoms with Crippen LogP contribution in [0.15, 0.2) is 53.9 Å². The van der Waals surface area contributed by atoms with Crippen molar-refractivity contribution in [1.82, 2.24) is 24.4 Å². The molecule has 0 aliphatic carbocycles. The molecule has 0 bridgehead atoms. The molecule has 0 aliphatic rings. The largest absolute Gasteiger partial charge is 0.434 e. The van der Waals surface area contributed by atoms with Crippen LogP contribution in [0.2, 0.25) is 0 Å². The van der Waals surface area contributed by atoms with Gasteiger partial charge in [-0.05, 0) is 24.3 Å². The van der Waals surface area contributed by atoms with Crippen molar-refractivity contribution >= 4 is 29.0 Å². The molecular weight excluding hydrogens is 452 g/mol. The Bertz CT molecular complexity index is 1280. The smallest absolute Gasteiger partial charge is 0.387 e. The van der Waals surface area contributed by atoms with E-state index in [9.17, 15) is 22.4 Å². The monoisotopic (exact) mass is 466 g/mol. The lowest BCUT2D eigenvalue weighted by molar-refractivity contribution is -0.0495. The van der Waals surface area contributed by atoms with E-state index in [0.717, 1.165) is 6.07 Å². The summed E-state index contributed by atoms with van der Waals surface area (Å²) in [5, 5.41) is 10.9. The lowest BCUT2D eigenvalue weighted by Gasteiger charge is -2.12. The van der Waals surface area contributed by atoms with Gasteiger partial charge in [0, 0.05) is 36.1 Å². The van der Waals surface area contributed by atoms with E-state index < -0.39 is 18.3 Å². The average molecular weight is 466 g/mol. The summed E-state index contributed by atoms with van der Waals surface area (Å²) in [4.78, 5) is 17.1. The number of nitrogens with one attached hydrogen (secondary N) is 1. The minimum absolute atomic E-state index is 0.0184. The van der Waals surface area contributed by atoms with Crippen LogP contribution in [0.1, 0.15) is 10.4 Å². The molecule has 1 N–H and O–H groups in total. The number of nitrogens with zero attached hydrogens (tertiary/aromatic N) is 5. The third-order valence-corrected chi connectivity index (χ3v) is 4.95. The normalized spacial score (nSPS) is 11.5. The van der Waals surface area contributed by atoms with Gasteiger partial charge in [0.1, 0.15) is 17.0 Å². The van der Waals surface area contributed by atoms with Gasteiger partial charge < -0.3 is 10.1 Å². The second-order valence-corrected chi connectivity index (χ2v) is 7.44. The van der Waals surface area contributed by atoms with Gasteiger partial charge in [-0.1, -0.05) is 11.8 Å². The molecule has 4 rings (SSSR count). The maximum atomic E-state index is 12.9. The molecule has 0 saturated carbocycles. The molecule has 0 unspecified atom stereocenters. The van der Waals surface area contributed by atoms with E-state index in [0.29, 0.717) is 5.65 Å². The predicted molar refractivity (Wildman–Crippen MR) is 108 cm³/mol. The third kappa shape index (κ3) is 4.51. The third-order valence-electron chi connectivity index (χ3n) is 4.25. The second-order valence-electron chi connectivity index (χ2n) is 6.38. The van der Waals surface area contributed by atoms with Crippen molar-refractivity contribution in [3.63, 3.8) is 0 Å². The quantitative estimate of drug-likeness (QED) is 0.323. The number of hydrogen-bond donors (Lipinski definition) is 1. The number of rotatable bonds is 7. The van der Waals surface area contributed by atoms with Crippen molar-refractivity contribution in [2.75, 3.05) is 5.32 Å². The van der Waals surface area contributed by atoms with E-state index in [1.807, 2.05) is 0 Å². The van der Waals surface area contributed by atoms with Crippen molar-refractivity contribution in [3.05, 3.63) is 54.6 Å². The van der Waals surface area contributed by atoms with Crippen LogP contribution in [-0.4, -0.2) is 42.7 Å². The van der Waals surface area contributed by atoms with Gasteiger partial charge in [-0.25, -0.2) is 9.50 Å². The van der Waals surface area contributed by atoms with E-state index >= 15 is 0 Å². The Morgan fingerprint density at radius 1 is 1.25 bits per heavy atom. The van der Waals surface area contributed by atoms with Crippen LogP contribution in [0.3, 0.4) is 0 Å². The minimum Gasteiger partial charge on any atom is -0.434 e. The van der Waals surface area contributed by atoms with E-state index in [1.54, 1.807) is 19.3 Å². The van der Waals surface area contributed by atoms with E-state index in [2.05, 4.69) is 25.2 Å². The molecule has 0 radical (unpaired) electrons. The fourth-order valence-corrected chi connectivity index (χ4v) is 3.56. The SMILES string of the molecule is Cn1cc(NC(=O)c2cnn3cccnc23)c(-c2cc(SC(F)F)ccc2OC(F)F)n1. The van der Waals surface area contributed by atoms with Crippen molar-refractivity contribution < 1.29 is 27.1 Å². The van der Waals surface area contributed by atoms with Crippen molar-refractivity contribution in [3.8, 4) is 17.0 Å². The Labute approximate surface area is 182 Å². The van der Waals surface area contributed by atoms with Crippen LogP contribution in [0, 0.1) is 0 Å². The van der Waals surface area contributed by atoms with Crippen LogP contribution in [0.4, 0.5) is 23.2 Å². The molecule has 3 aromatic heterocycles. The van der Waals surface area contributed by atoms with E-state index in [4.69, 9.17) is 0 Å². The minimum atomic E-state index is -3.14. The fourth-order valence-electron chi connectivity index (χ4n) is 3.02. The van der Waals surface area contributed by atoms with Crippen LogP contribution >= 0.6 is 11.8 Å². The van der Waals surface area contributed by atoms with Crippen molar-refractivity contribution in [1.29, 1.82) is 0 Å². The number of benzene rings is 1. The van der Waals surface area contributed by atoms with Crippen molar-refractivity contribution in [2.45, 2.75) is 17.3 Å². The van der Waals surface area contributed by atoms with Gasteiger partial charge in [-0.3, -0.25) is 9.48 Å². The number of aromatic nitrogens is 5. The molecule has 1 aromatic carbocycles. The average Bonchev–Trinajstić information content (AvgIpc) is 3.31. The van der Waals surface area contributed by atoms with E-state index in [-0.39, 0.29) is 44.9 Å². The number of anilines is 1. The topological polar surface area (TPSA) is 86.3 Å². The summed E-state index contributed by atoms with van der Waals surface area (Å²) in [7, 11) is 1.56. The first-order valence-electron chi connectivity index (χ1n) is 8.99. The first-order valence-corrected chi connectivity index (χ1v) is 9.87. The molecule has 166 valence electrons. The van der Waals surface area contributed by atoms with Crippen LogP contribution in [-0.2, 0) is 7.05 Å². The second kappa shape index (κ2) is 8.86. The zero-order chi connectivity index (χ0) is 22.8. The highest BCUT2D eigenvalue weighted by molar-refractivity contribution is 7.99. The number of aryl methyl sites for hydroxylation is 1. The lowest BCUT2D eigenvalue weighted by Crippen LogP contribution is -2.12. The summed E-state index contributed by atoms with van der Waals surface area (Å²) in [6.45, 7) is -3.14. The van der Waals surface area contributed by atoms with Gasteiger partial charge in [-0.15, -0.1) is 0 Å². The van der Waals surface area contributed by atoms with Gasteiger partial charge in [0.25, 0.3) is 11.7 Å². The number of carbonyl (C=O) groups is 1. The van der Waals surface area contributed by atoms with Gasteiger partial charge >= 0.3 is 6.61 Å². The number of amides is 1. The van der Waals surface area contributed by atoms with Gasteiger partial charge in [0.15, 0.2) is 5.65 Å². The van der Waals surface area contributed by atoms with Crippen LogP contribution in [0.25, 0.3) is 16.9 Å². The Morgan fingerprint density at radius 3 is 2.81 bits per heavy atom. The number of alkyl halides is 4. The number of fused-ring (bicyclic) bond motifs is 1. The molecule has 0 aliphatic heterocycles. The molecule has 8 nitrogen and oxygen atoms in total. The van der Waals surface area contributed by atoms with Gasteiger partial charge in [0.2, 0.25) is 0 Å². The maximum absolute atomic E-state index is 12.9. The number of halogens is 4. The summed E-state index contributed by atoms with van der Waals surface area (Å²) >= 11 is 0.243. The summed E-state index contributed by atoms with van der Waals surface area (Å²) in [5.74, 6) is -3.55. The van der Waals surface area contributed by atoms with Gasteiger partial charge in [-0.2, -0.15) is 27.8 Å². The first kappa shape index (κ1) is 21.6. The molecule has 0 fully saturated rings. The van der Waals surface area contributed by atoms with Crippen LogP contribution in [0.5, 0.6) is 5.75 Å². The predicted octanol–water partition coefficient (Wildman–Crippen LogP) is 4.30. The standard InChI is InChI=1S/C19H14F4N6O2S/c1-28-9-13(26-17(30)12-8-25-29-6-2-5-24-16(12)29)15(27-28)11-7-10(32-19(22)23)3-4-14(11)31-18(20)21/h2-9,18-19H,1H3,(H,26,30). The highest BCUT2D eigenvalue weighted by Gasteiger charge is 2.22. The summed E-state index contributed by atoms with van der Waals surface area (Å²) in [5.41, 5.74) is 0.729. The number of ether oxygens (including phenoxy) is 1. The molecule has 0 spiro atoms. The Balaban J connectivity index is 1.73. The Morgan fingerprint density at radius 2 is 2.06 bits per heavy atom. The number of thioether (sulfide) groups is 1. The zero-order valence-electron chi connectivity index (χ0n) is 16.2. The fraction of sp³-hybridized carbons (Fsp3) is 0.158. The summed E-state index contributed by atoms with van der Waals surface area (Å²) in [6, 6.07) is 5.30. The molecule has 3 heterocycles. The lowest BCUT2D eigenvalue weighted by atomic mass is 10.1. The van der Waals surface area contributed by atoms with Crippen molar-refractivity contribution in [2.24, 2.45) is 7.05 Å². The molecule has 0 atom stereocenters. The van der Waals surface area contributed by atoms with E-state index in [1.165, 1.54) is 39.9 Å². The molecule has 4 aromatic rings. The Hall–Kier alpha value is -3.61. The Kier molecular flexibility index (Phi) is 5.99. The molecular formula is C19H14F4N6O2S. The molecule has 13 heteroatoms. The van der Waals surface area contributed by atoms with Crippen LogP contribution < -0.4 is 10.1 Å². The highest BCUT2D eigenvalue weighted by Crippen LogP contribution is 2.39. The summed E-state index contributed by atoms with van der Waals surface area (Å²) < 4.78 is 58.8. The molecule has 32 heavy (non-hydrogen) atoms. The highest BCUT2D eigenvalue weighted by atomic mass is 32.2.